The quantitative estimate of drug-likeness (QED) is 0.245. The maximum atomic E-state index is 6.34. The topological polar surface area (TPSA) is 92.4 Å². The summed E-state index contributed by atoms with van der Waals surface area (Å²) in [5.41, 5.74) is 12.1. The summed E-state index contributed by atoms with van der Waals surface area (Å²) in [5, 5.41) is 6.89. The summed E-state index contributed by atoms with van der Waals surface area (Å²) in [6, 6.07) is 13.7. The lowest BCUT2D eigenvalue weighted by Gasteiger charge is -2.32. The molecule has 0 amide bonds. The molecule has 6 rings (SSSR count). The van der Waals surface area contributed by atoms with E-state index in [9.17, 15) is 0 Å². The van der Waals surface area contributed by atoms with Crippen LogP contribution in [0.25, 0.3) is 10.8 Å². The Hall–Kier alpha value is -3.43. The Bertz CT molecular complexity index is 1540. The Balaban J connectivity index is 1.28. The number of thiazole rings is 1. The number of hydrogen-bond acceptors (Lipinski definition) is 9. The van der Waals surface area contributed by atoms with Crippen LogP contribution in [0.1, 0.15) is 47.2 Å². The van der Waals surface area contributed by atoms with Crippen LogP contribution in [-0.4, -0.2) is 60.2 Å². The molecule has 9 heteroatoms. The van der Waals surface area contributed by atoms with Gasteiger partial charge in [-0.1, -0.05) is 37.3 Å². The van der Waals surface area contributed by atoms with Gasteiger partial charge in [-0.25, -0.2) is 4.98 Å². The van der Waals surface area contributed by atoms with Crippen molar-refractivity contribution in [2.45, 2.75) is 52.5 Å². The van der Waals surface area contributed by atoms with E-state index in [2.05, 4.69) is 77.5 Å². The summed E-state index contributed by atoms with van der Waals surface area (Å²) >= 11 is 1.56. The third-order valence-electron chi connectivity index (χ3n) is 8.41. The lowest BCUT2D eigenvalue weighted by atomic mass is 9.98. The number of benzene rings is 2. The molecule has 0 unspecified atom stereocenters. The minimum Gasteiger partial charge on any atom is -0.463 e. The summed E-state index contributed by atoms with van der Waals surface area (Å²) in [5.74, 6) is 0.893. The zero-order valence-corrected chi connectivity index (χ0v) is 25.5. The summed E-state index contributed by atoms with van der Waals surface area (Å²) < 4.78 is 6.34. The van der Waals surface area contributed by atoms with Crippen molar-refractivity contribution in [2.75, 3.05) is 56.3 Å². The Morgan fingerprint density at radius 2 is 1.93 bits per heavy atom. The van der Waals surface area contributed by atoms with E-state index in [4.69, 9.17) is 20.4 Å². The average molecular weight is 572 g/mol. The molecule has 2 aromatic carbocycles. The van der Waals surface area contributed by atoms with Crippen molar-refractivity contribution in [1.82, 2.24) is 19.9 Å². The Morgan fingerprint density at radius 3 is 2.63 bits per heavy atom. The van der Waals surface area contributed by atoms with Crippen LogP contribution < -0.4 is 20.7 Å². The highest BCUT2D eigenvalue weighted by Crippen LogP contribution is 2.46. The SMILES string of the molecule is CCc1cccc2cccc(N3CCc4c(nc(OCC5(CN(C)C)CC5)nc4NCCc4sc(N)nc4C)C3)c12. The van der Waals surface area contributed by atoms with Crippen LogP contribution in [0.2, 0.25) is 0 Å². The van der Waals surface area contributed by atoms with Gasteiger partial charge in [0.15, 0.2) is 5.13 Å². The molecule has 216 valence electrons. The van der Waals surface area contributed by atoms with Gasteiger partial charge in [0, 0.05) is 53.0 Å². The number of ether oxygens (including phenoxy) is 1. The fourth-order valence-electron chi connectivity index (χ4n) is 6.17. The van der Waals surface area contributed by atoms with Crippen LogP contribution >= 0.6 is 11.3 Å². The van der Waals surface area contributed by atoms with Gasteiger partial charge in [-0.3, -0.25) is 0 Å². The predicted octanol–water partition coefficient (Wildman–Crippen LogP) is 5.48. The predicted molar refractivity (Wildman–Crippen MR) is 169 cm³/mol. The second-order valence-corrected chi connectivity index (χ2v) is 13.0. The summed E-state index contributed by atoms with van der Waals surface area (Å²) in [6.07, 6.45) is 5.11. The standard InChI is InChI=1S/C32H41N7OS/c1-5-22-8-6-9-23-10-7-11-26(28(22)23)39-17-13-24-25(18-39)36-31(40-20-32(14-15-32)19-38(3)4)37-29(24)34-16-12-27-21(2)35-30(33)41-27/h6-11H,5,12-20H2,1-4H3,(H2,33,35)(H,34,36,37). The summed E-state index contributed by atoms with van der Waals surface area (Å²) in [7, 11) is 4.25. The molecular formula is C32H41N7OS. The molecule has 2 aromatic heterocycles. The van der Waals surface area contributed by atoms with Crippen molar-refractivity contribution < 1.29 is 4.74 Å². The molecule has 41 heavy (non-hydrogen) atoms. The van der Waals surface area contributed by atoms with Crippen LogP contribution in [0.15, 0.2) is 36.4 Å². The number of anilines is 3. The number of nitrogens with zero attached hydrogens (tertiary/aromatic N) is 5. The number of nitrogen functional groups attached to an aromatic ring is 1. The number of fused-ring (bicyclic) bond motifs is 2. The van der Waals surface area contributed by atoms with Gasteiger partial charge in [0.05, 0.1) is 24.5 Å². The molecule has 0 radical (unpaired) electrons. The minimum absolute atomic E-state index is 0.214. The summed E-state index contributed by atoms with van der Waals surface area (Å²) in [4.78, 5) is 20.2. The normalized spacial score (nSPS) is 15.8. The highest BCUT2D eigenvalue weighted by atomic mass is 32.1. The van der Waals surface area contributed by atoms with Crippen molar-refractivity contribution in [1.29, 1.82) is 0 Å². The Kier molecular flexibility index (Phi) is 7.74. The third kappa shape index (κ3) is 5.97. The van der Waals surface area contributed by atoms with Gasteiger partial charge < -0.3 is 25.6 Å². The van der Waals surface area contributed by atoms with Gasteiger partial charge >= 0.3 is 6.01 Å². The minimum atomic E-state index is 0.214. The highest BCUT2D eigenvalue weighted by molar-refractivity contribution is 7.15. The number of rotatable bonds is 11. The lowest BCUT2D eigenvalue weighted by Crippen LogP contribution is -2.33. The van der Waals surface area contributed by atoms with E-state index >= 15 is 0 Å². The highest BCUT2D eigenvalue weighted by Gasteiger charge is 2.44. The van der Waals surface area contributed by atoms with Crippen LogP contribution in [0, 0.1) is 12.3 Å². The molecule has 3 N–H and O–H groups in total. The second-order valence-electron chi connectivity index (χ2n) is 11.9. The molecule has 3 heterocycles. The van der Waals surface area contributed by atoms with Crippen LogP contribution in [0.3, 0.4) is 0 Å². The van der Waals surface area contributed by atoms with E-state index in [-0.39, 0.29) is 5.41 Å². The molecule has 0 spiro atoms. The molecule has 4 aromatic rings. The zero-order valence-electron chi connectivity index (χ0n) is 24.7. The van der Waals surface area contributed by atoms with E-state index < -0.39 is 0 Å². The molecule has 1 fully saturated rings. The fraction of sp³-hybridized carbons (Fsp3) is 0.469. The van der Waals surface area contributed by atoms with E-state index in [1.807, 2.05) is 6.92 Å². The van der Waals surface area contributed by atoms with Crippen LogP contribution in [0.4, 0.5) is 16.6 Å². The molecule has 1 aliphatic carbocycles. The average Bonchev–Trinajstić information content (AvgIpc) is 3.64. The van der Waals surface area contributed by atoms with Crippen molar-refractivity contribution in [3.05, 3.63) is 63.8 Å². The molecule has 0 saturated heterocycles. The van der Waals surface area contributed by atoms with Gasteiger partial charge in [0.1, 0.15) is 5.82 Å². The fourth-order valence-corrected chi connectivity index (χ4v) is 7.00. The Labute approximate surface area is 247 Å². The number of nitrogens with one attached hydrogen (secondary N) is 1. The molecule has 1 aliphatic heterocycles. The van der Waals surface area contributed by atoms with E-state index in [1.54, 1.807) is 11.3 Å². The van der Waals surface area contributed by atoms with Crippen molar-refractivity contribution in [3.8, 4) is 6.01 Å². The summed E-state index contributed by atoms with van der Waals surface area (Å²) in [6.45, 7) is 8.32. The number of nitrogens with two attached hydrogens (primary N) is 1. The number of aryl methyl sites for hydroxylation is 2. The van der Waals surface area contributed by atoms with Gasteiger partial charge in [0.2, 0.25) is 0 Å². The maximum Gasteiger partial charge on any atom is 0.318 e. The molecule has 2 aliphatic rings. The first kappa shape index (κ1) is 27.7. The van der Waals surface area contributed by atoms with E-state index in [1.165, 1.54) is 45.3 Å². The first-order valence-electron chi connectivity index (χ1n) is 14.7. The zero-order chi connectivity index (χ0) is 28.6. The number of aromatic nitrogens is 3. The maximum absolute atomic E-state index is 6.34. The molecule has 0 atom stereocenters. The lowest BCUT2D eigenvalue weighted by molar-refractivity contribution is 0.182. The van der Waals surface area contributed by atoms with Gasteiger partial charge in [-0.15, -0.1) is 11.3 Å². The first-order chi connectivity index (χ1) is 19.8. The largest absolute Gasteiger partial charge is 0.463 e. The van der Waals surface area contributed by atoms with Gasteiger partial charge in [0.25, 0.3) is 0 Å². The Morgan fingerprint density at radius 1 is 1.12 bits per heavy atom. The molecule has 0 bridgehead atoms. The van der Waals surface area contributed by atoms with Crippen LogP contribution in [-0.2, 0) is 25.8 Å². The van der Waals surface area contributed by atoms with Crippen molar-refractivity contribution in [2.24, 2.45) is 5.41 Å². The van der Waals surface area contributed by atoms with Crippen molar-refractivity contribution in [3.63, 3.8) is 0 Å². The smallest absolute Gasteiger partial charge is 0.318 e. The molecular weight excluding hydrogens is 530 g/mol. The molecule has 1 saturated carbocycles. The molecule has 8 nitrogen and oxygen atoms in total. The van der Waals surface area contributed by atoms with Gasteiger partial charge in [-0.05, 0) is 63.7 Å². The second kappa shape index (κ2) is 11.4. The number of hydrogen-bond donors (Lipinski definition) is 2. The van der Waals surface area contributed by atoms with Crippen molar-refractivity contribution >= 4 is 38.7 Å². The monoisotopic (exact) mass is 571 g/mol. The third-order valence-corrected chi connectivity index (χ3v) is 9.45. The van der Waals surface area contributed by atoms with E-state index in [0.717, 1.165) is 62.6 Å². The van der Waals surface area contributed by atoms with Gasteiger partial charge in [-0.2, -0.15) is 9.97 Å². The van der Waals surface area contributed by atoms with Crippen LogP contribution in [0.5, 0.6) is 6.01 Å². The van der Waals surface area contributed by atoms with E-state index in [0.29, 0.717) is 17.7 Å². The first-order valence-corrected chi connectivity index (χ1v) is 15.5.